The van der Waals surface area contributed by atoms with Crippen LogP contribution in [0, 0.1) is 0 Å². The number of benzene rings is 1. The normalized spacial score (nSPS) is 18.5. The summed E-state index contributed by atoms with van der Waals surface area (Å²) in [6, 6.07) is 7.86. The maximum atomic E-state index is 12.9. The second-order valence-corrected chi connectivity index (χ2v) is 12.2. The van der Waals surface area contributed by atoms with Crippen LogP contribution in [0.15, 0.2) is 24.3 Å². The molecule has 182 valence electrons. The molecular weight excluding hydrogens is 456 g/mol. The highest BCUT2D eigenvalue weighted by Gasteiger charge is 2.43. The summed E-state index contributed by atoms with van der Waals surface area (Å²) in [4.78, 5) is 16.7. The molecule has 2 aliphatic heterocycles. The molecule has 2 aliphatic rings. The first-order valence-corrected chi connectivity index (χ1v) is 13.3. The maximum absolute atomic E-state index is 12.9. The van der Waals surface area contributed by atoms with Gasteiger partial charge >= 0.3 is 0 Å². The summed E-state index contributed by atoms with van der Waals surface area (Å²) in [7, 11) is -3.53. The Morgan fingerprint density at radius 1 is 1.15 bits per heavy atom. The van der Waals surface area contributed by atoms with Crippen molar-refractivity contribution in [3.63, 3.8) is 0 Å². The zero-order valence-electron chi connectivity index (χ0n) is 20.1. The first kappa shape index (κ1) is 22.9. The molecule has 0 aliphatic carbocycles. The van der Waals surface area contributed by atoms with Gasteiger partial charge in [0.25, 0.3) is 0 Å². The summed E-state index contributed by atoms with van der Waals surface area (Å²) < 4.78 is 38.0. The molecule has 1 fully saturated rings. The van der Waals surface area contributed by atoms with Gasteiger partial charge in [-0.25, -0.2) is 23.0 Å². The summed E-state index contributed by atoms with van der Waals surface area (Å²) >= 11 is 0. The number of fused-ring (bicyclic) bond motifs is 4. The zero-order valence-corrected chi connectivity index (χ0v) is 20.9. The van der Waals surface area contributed by atoms with Crippen molar-refractivity contribution in [1.29, 1.82) is 0 Å². The fourth-order valence-corrected chi connectivity index (χ4v) is 4.76. The number of anilines is 2. The molecule has 0 radical (unpaired) electrons. The lowest BCUT2D eigenvalue weighted by atomic mass is 10.1. The number of para-hydroxylation sites is 2. The van der Waals surface area contributed by atoms with Crippen molar-refractivity contribution in [2.45, 2.75) is 44.5 Å². The minimum Gasteiger partial charge on any atom is -0.486 e. The highest BCUT2D eigenvalue weighted by Crippen LogP contribution is 2.43. The lowest BCUT2D eigenvalue weighted by molar-refractivity contribution is 0.0691. The number of imidazole rings is 1. The van der Waals surface area contributed by atoms with E-state index in [0.29, 0.717) is 55.5 Å². The van der Waals surface area contributed by atoms with Gasteiger partial charge in [0.05, 0.1) is 30.3 Å². The predicted octanol–water partition coefficient (Wildman–Crippen LogP) is 2.51. The third-order valence-electron chi connectivity index (χ3n) is 6.43. The van der Waals surface area contributed by atoms with Crippen molar-refractivity contribution in [2.24, 2.45) is 0 Å². The first-order valence-electron chi connectivity index (χ1n) is 11.4. The van der Waals surface area contributed by atoms with E-state index in [-0.39, 0.29) is 12.1 Å². The van der Waals surface area contributed by atoms with E-state index in [9.17, 15) is 8.42 Å². The van der Waals surface area contributed by atoms with Gasteiger partial charge in [0, 0.05) is 18.8 Å². The van der Waals surface area contributed by atoms with E-state index < -0.39 is 14.6 Å². The second kappa shape index (κ2) is 8.09. The van der Waals surface area contributed by atoms with Gasteiger partial charge in [0.2, 0.25) is 11.9 Å². The van der Waals surface area contributed by atoms with Gasteiger partial charge in [-0.1, -0.05) is 12.1 Å². The minimum atomic E-state index is -3.53. The van der Waals surface area contributed by atoms with E-state index in [1.165, 1.54) is 6.26 Å². The molecule has 10 nitrogen and oxygen atoms in total. The molecule has 5 rings (SSSR count). The van der Waals surface area contributed by atoms with Crippen molar-refractivity contribution < 1.29 is 17.9 Å². The molecule has 34 heavy (non-hydrogen) atoms. The van der Waals surface area contributed by atoms with Crippen LogP contribution in [0.2, 0.25) is 0 Å². The molecule has 11 heteroatoms. The van der Waals surface area contributed by atoms with Crippen LogP contribution in [-0.2, 0) is 19.3 Å². The Kier molecular flexibility index (Phi) is 5.44. The lowest BCUT2D eigenvalue weighted by Gasteiger charge is -2.41. The molecule has 0 bridgehead atoms. The molecule has 0 spiro atoms. The van der Waals surface area contributed by atoms with Gasteiger partial charge in [-0.3, -0.25) is 0 Å². The SMILES string of the molecule is CC(C)Nc1nc2ccccc2n1-c1nc2c(c(C(C)(C)S(C)(=O)=O)n1)OC[C@@H]1COCCN21. The quantitative estimate of drug-likeness (QED) is 0.581. The summed E-state index contributed by atoms with van der Waals surface area (Å²) in [5.74, 6) is 1.94. The highest BCUT2D eigenvalue weighted by atomic mass is 32.2. The molecule has 1 N–H and O–H groups in total. The van der Waals surface area contributed by atoms with Crippen LogP contribution < -0.4 is 15.0 Å². The van der Waals surface area contributed by atoms with Crippen LogP contribution in [0.4, 0.5) is 11.8 Å². The van der Waals surface area contributed by atoms with E-state index >= 15 is 0 Å². The number of nitrogens with one attached hydrogen (secondary N) is 1. The minimum absolute atomic E-state index is 0.00554. The van der Waals surface area contributed by atoms with Gasteiger partial charge in [0.15, 0.2) is 21.4 Å². The van der Waals surface area contributed by atoms with Gasteiger partial charge in [0.1, 0.15) is 17.0 Å². The Balaban J connectivity index is 1.81. The Bertz CT molecular complexity index is 1350. The standard InChI is InChI=1S/C23H30N6O4S/c1-14(2)24-21-25-16-8-6-7-9-17(16)29(21)22-26-19(23(3,4)34(5,30)31)18-20(27-22)28-10-11-32-12-15(28)13-33-18/h6-9,14-15H,10-13H2,1-5H3,(H,24,25)/t15-/m0/s1. The summed E-state index contributed by atoms with van der Waals surface area (Å²) in [5, 5.41) is 3.37. The van der Waals surface area contributed by atoms with Crippen LogP contribution in [0.5, 0.6) is 5.75 Å². The summed E-state index contributed by atoms with van der Waals surface area (Å²) in [5.41, 5.74) is 1.95. The van der Waals surface area contributed by atoms with E-state index in [1.807, 2.05) is 42.7 Å². The molecule has 2 aromatic heterocycles. The Morgan fingerprint density at radius 3 is 2.65 bits per heavy atom. The molecule has 1 saturated heterocycles. The number of aromatic nitrogens is 4. The van der Waals surface area contributed by atoms with Crippen LogP contribution in [0.25, 0.3) is 17.0 Å². The van der Waals surface area contributed by atoms with Gasteiger partial charge < -0.3 is 19.7 Å². The molecular formula is C23H30N6O4S. The Hall–Kier alpha value is -2.92. The first-order chi connectivity index (χ1) is 16.1. The number of hydrogen-bond donors (Lipinski definition) is 1. The fourth-order valence-electron chi connectivity index (χ4n) is 4.27. The zero-order chi connectivity index (χ0) is 24.3. The predicted molar refractivity (Wildman–Crippen MR) is 131 cm³/mol. The largest absolute Gasteiger partial charge is 0.486 e. The van der Waals surface area contributed by atoms with Crippen molar-refractivity contribution in [3.05, 3.63) is 30.0 Å². The average molecular weight is 487 g/mol. The second-order valence-electron chi connectivity index (χ2n) is 9.60. The van der Waals surface area contributed by atoms with E-state index in [4.69, 9.17) is 24.4 Å². The number of sulfone groups is 1. The molecule has 0 unspecified atom stereocenters. The Morgan fingerprint density at radius 2 is 1.91 bits per heavy atom. The van der Waals surface area contributed by atoms with Gasteiger partial charge in [-0.05, 0) is 39.8 Å². The van der Waals surface area contributed by atoms with Crippen molar-refractivity contribution in [1.82, 2.24) is 19.5 Å². The third-order valence-corrected chi connectivity index (χ3v) is 8.48. The number of rotatable bonds is 5. The fraction of sp³-hybridized carbons (Fsp3) is 0.522. The molecule has 3 aromatic rings. The van der Waals surface area contributed by atoms with Crippen molar-refractivity contribution >= 4 is 32.6 Å². The topological polar surface area (TPSA) is 111 Å². The Labute approximate surface area is 199 Å². The smallest absolute Gasteiger partial charge is 0.239 e. The lowest BCUT2D eigenvalue weighted by Crippen LogP contribution is -2.52. The van der Waals surface area contributed by atoms with Crippen LogP contribution >= 0.6 is 0 Å². The van der Waals surface area contributed by atoms with Crippen LogP contribution in [-0.4, -0.2) is 72.6 Å². The molecule has 4 heterocycles. The molecule has 1 aromatic carbocycles. The van der Waals surface area contributed by atoms with E-state index in [1.54, 1.807) is 13.8 Å². The van der Waals surface area contributed by atoms with E-state index in [2.05, 4.69) is 10.2 Å². The van der Waals surface area contributed by atoms with Crippen LogP contribution in [0.3, 0.4) is 0 Å². The summed E-state index contributed by atoms with van der Waals surface area (Å²) in [6.45, 7) is 9.48. The van der Waals surface area contributed by atoms with E-state index in [0.717, 1.165) is 11.0 Å². The van der Waals surface area contributed by atoms with Crippen molar-refractivity contribution in [3.8, 4) is 11.7 Å². The third kappa shape index (κ3) is 3.67. The highest BCUT2D eigenvalue weighted by molar-refractivity contribution is 7.91. The number of morpholine rings is 1. The number of ether oxygens (including phenoxy) is 2. The number of nitrogens with zero attached hydrogens (tertiary/aromatic N) is 5. The monoisotopic (exact) mass is 486 g/mol. The maximum Gasteiger partial charge on any atom is 0.239 e. The molecule has 1 atom stereocenters. The number of hydrogen-bond acceptors (Lipinski definition) is 9. The van der Waals surface area contributed by atoms with Crippen LogP contribution in [0.1, 0.15) is 33.4 Å². The van der Waals surface area contributed by atoms with Gasteiger partial charge in [-0.15, -0.1) is 0 Å². The van der Waals surface area contributed by atoms with Crippen molar-refractivity contribution in [2.75, 3.05) is 42.8 Å². The van der Waals surface area contributed by atoms with Gasteiger partial charge in [-0.2, -0.15) is 4.98 Å². The average Bonchev–Trinajstić information content (AvgIpc) is 3.14. The molecule has 0 amide bonds. The molecule has 0 saturated carbocycles. The summed E-state index contributed by atoms with van der Waals surface area (Å²) in [6.07, 6.45) is 1.22.